The number of hydrogen-bond donors (Lipinski definition) is 2. The smallest absolute Gasteiger partial charge is 0.324 e. The van der Waals surface area contributed by atoms with E-state index in [9.17, 15) is 9.18 Å². The fourth-order valence-electron chi connectivity index (χ4n) is 1.97. The quantitative estimate of drug-likeness (QED) is 0.727. The van der Waals surface area contributed by atoms with E-state index < -0.39 is 11.5 Å². The summed E-state index contributed by atoms with van der Waals surface area (Å²) in [6, 6.07) is 4.41. The Bertz CT molecular complexity index is 419. The van der Waals surface area contributed by atoms with E-state index in [0.717, 1.165) is 11.1 Å². The lowest BCUT2D eigenvalue weighted by Gasteiger charge is -2.30. The van der Waals surface area contributed by atoms with E-state index in [4.69, 9.17) is 10.8 Å². The van der Waals surface area contributed by atoms with Gasteiger partial charge in [-0.3, -0.25) is 4.79 Å². The van der Waals surface area contributed by atoms with Crippen LogP contribution >= 0.6 is 0 Å². The zero-order chi connectivity index (χ0) is 11.1. The SMILES string of the molecule is N[C@]1(C(=O)O)CCc2cc(F)ccc2C1. The summed E-state index contributed by atoms with van der Waals surface area (Å²) in [5.41, 5.74) is 6.28. The van der Waals surface area contributed by atoms with E-state index in [1.54, 1.807) is 6.07 Å². The molecular weight excluding hydrogens is 197 g/mol. The summed E-state index contributed by atoms with van der Waals surface area (Å²) in [6.07, 6.45) is 1.16. The normalized spacial score (nSPS) is 24.7. The van der Waals surface area contributed by atoms with Crippen LogP contribution in [0.3, 0.4) is 0 Å². The number of aryl methyl sites for hydroxylation is 1. The van der Waals surface area contributed by atoms with Crippen LogP contribution in [-0.4, -0.2) is 16.6 Å². The minimum absolute atomic E-state index is 0.276. The zero-order valence-corrected chi connectivity index (χ0v) is 8.16. The molecule has 1 aliphatic carbocycles. The molecule has 0 bridgehead atoms. The number of carboxylic acid groups (broad SMARTS) is 1. The van der Waals surface area contributed by atoms with E-state index in [1.165, 1.54) is 12.1 Å². The van der Waals surface area contributed by atoms with E-state index in [-0.39, 0.29) is 12.2 Å². The molecule has 15 heavy (non-hydrogen) atoms. The van der Waals surface area contributed by atoms with Crippen LogP contribution in [0.4, 0.5) is 4.39 Å². The molecule has 0 unspecified atom stereocenters. The molecule has 1 aromatic rings. The molecular formula is C11H12FNO2. The van der Waals surface area contributed by atoms with Gasteiger partial charge in [-0.25, -0.2) is 4.39 Å². The fraction of sp³-hybridized carbons (Fsp3) is 0.364. The van der Waals surface area contributed by atoms with E-state index in [2.05, 4.69) is 0 Å². The number of fused-ring (bicyclic) bond motifs is 1. The summed E-state index contributed by atoms with van der Waals surface area (Å²) < 4.78 is 12.9. The van der Waals surface area contributed by atoms with Gasteiger partial charge in [0.05, 0.1) is 0 Å². The molecule has 0 fully saturated rings. The second-order valence-corrected chi connectivity index (χ2v) is 4.05. The molecule has 0 saturated carbocycles. The number of carboxylic acids is 1. The van der Waals surface area contributed by atoms with Crippen LogP contribution < -0.4 is 5.73 Å². The van der Waals surface area contributed by atoms with Crippen molar-refractivity contribution < 1.29 is 14.3 Å². The first kappa shape index (κ1) is 10.1. The molecule has 0 amide bonds. The highest BCUT2D eigenvalue weighted by Crippen LogP contribution is 2.27. The Morgan fingerprint density at radius 2 is 2.20 bits per heavy atom. The highest BCUT2D eigenvalue weighted by molar-refractivity contribution is 5.79. The van der Waals surface area contributed by atoms with Gasteiger partial charge in [0.1, 0.15) is 11.4 Å². The standard InChI is InChI=1S/C11H12FNO2/c12-9-2-1-8-6-11(13,10(14)15)4-3-7(8)5-9/h1-2,5H,3-4,6,13H2,(H,14,15)/t11-/m1/s1. The van der Waals surface area contributed by atoms with Crippen LogP contribution in [0.1, 0.15) is 17.5 Å². The number of halogens is 1. The second-order valence-electron chi connectivity index (χ2n) is 4.05. The summed E-state index contributed by atoms with van der Waals surface area (Å²) in [6.45, 7) is 0. The Hall–Kier alpha value is -1.42. The molecule has 0 aliphatic heterocycles. The van der Waals surface area contributed by atoms with Crippen LogP contribution in [0.15, 0.2) is 18.2 Å². The van der Waals surface area contributed by atoms with Crippen molar-refractivity contribution in [1.82, 2.24) is 0 Å². The van der Waals surface area contributed by atoms with Crippen LogP contribution in [0.5, 0.6) is 0 Å². The first-order valence-electron chi connectivity index (χ1n) is 4.81. The molecule has 0 aromatic heterocycles. The molecule has 3 N–H and O–H groups in total. The highest BCUT2D eigenvalue weighted by Gasteiger charge is 2.37. The predicted octanol–water partition coefficient (Wildman–Crippen LogP) is 1.10. The van der Waals surface area contributed by atoms with Crippen LogP contribution in [-0.2, 0) is 17.6 Å². The molecule has 4 heteroatoms. The zero-order valence-electron chi connectivity index (χ0n) is 8.16. The predicted molar refractivity (Wildman–Crippen MR) is 53.0 cm³/mol. The fourth-order valence-corrected chi connectivity index (χ4v) is 1.97. The third kappa shape index (κ3) is 1.72. The van der Waals surface area contributed by atoms with Gasteiger partial charge in [-0.05, 0) is 36.1 Å². The first-order valence-corrected chi connectivity index (χ1v) is 4.81. The lowest BCUT2D eigenvalue weighted by Crippen LogP contribution is -2.52. The van der Waals surface area contributed by atoms with Crippen molar-refractivity contribution in [1.29, 1.82) is 0 Å². The molecule has 0 saturated heterocycles. The van der Waals surface area contributed by atoms with Gasteiger partial charge < -0.3 is 10.8 Å². The average molecular weight is 209 g/mol. The van der Waals surface area contributed by atoms with Gasteiger partial charge in [0.15, 0.2) is 0 Å². The first-order chi connectivity index (χ1) is 7.01. The summed E-state index contributed by atoms with van der Waals surface area (Å²) >= 11 is 0. The van der Waals surface area contributed by atoms with E-state index in [1.807, 2.05) is 0 Å². The maximum Gasteiger partial charge on any atom is 0.324 e. The van der Waals surface area contributed by atoms with Gasteiger partial charge in [0.25, 0.3) is 0 Å². The van der Waals surface area contributed by atoms with Gasteiger partial charge >= 0.3 is 5.97 Å². The Balaban J connectivity index is 2.35. The van der Waals surface area contributed by atoms with Crippen molar-refractivity contribution in [3.63, 3.8) is 0 Å². The minimum Gasteiger partial charge on any atom is -0.480 e. The van der Waals surface area contributed by atoms with Crippen molar-refractivity contribution in [2.45, 2.75) is 24.8 Å². The molecule has 0 spiro atoms. The van der Waals surface area contributed by atoms with Gasteiger partial charge in [-0.2, -0.15) is 0 Å². The molecule has 0 radical (unpaired) electrons. The molecule has 1 aliphatic rings. The molecule has 0 heterocycles. The third-order valence-corrected chi connectivity index (χ3v) is 2.94. The summed E-state index contributed by atoms with van der Waals surface area (Å²) in [5, 5.41) is 8.98. The van der Waals surface area contributed by atoms with Crippen molar-refractivity contribution in [3.8, 4) is 0 Å². The van der Waals surface area contributed by atoms with Crippen LogP contribution in [0, 0.1) is 5.82 Å². The number of rotatable bonds is 1. The highest BCUT2D eigenvalue weighted by atomic mass is 19.1. The molecule has 1 aromatic carbocycles. The van der Waals surface area contributed by atoms with Crippen molar-refractivity contribution in [3.05, 3.63) is 35.1 Å². The number of aliphatic carboxylic acids is 1. The minimum atomic E-state index is -1.19. The largest absolute Gasteiger partial charge is 0.480 e. The van der Waals surface area contributed by atoms with Crippen molar-refractivity contribution >= 4 is 5.97 Å². The monoisotopic (exact) mass is 209 g/mol. The summed E-state index contributed by atoms with van der Waals surface area (Å²) in [5.74, 6) is -1.27. The Morgan fingerprint density at radius 1 is 1.47 bits per heavy atom. The maximum absolute atomic E-state index is 12.9. The molecule has 80 valence electrons. The Morgan fingerprint density at radius 3 is 2.87 bits per heavy atom. The van der Waals surface area contributed by atoms with E-state index >= 15 is 0 Å². The Labute approximate surface area is 86.7 Å². The van der Waals surface area contributed by atoms with E-state index in [0.29, 0.717) is 12.8 Å². The Kier molecular flexibility index (Phi) is 2.23. The molecule has 2 rings (SSSR count). The summed E-state index contributed by atoms with van der Waals surface area (Å²) in [4.78, 5) is 11.0. The number of nitrogens with two attached hydrogens (primary N) is 1. The van der Waals surface area contributed by atoms with Crippen molar-refractivity contribution in [2.24, 2.45) is 5.73 Å². The number of carbonyl (C=O) groups is 1. The number of benzene rings is 1. The lowest BCUT2D eigenvalue weighted by atomic mass is 9.79. The average Bonchev–Trinajstić information content (AvgIpc) is 2.18. The second kappa shape index (κ2) is 3.31. The van der Waals surface area contributed by atoms with Crippen LogP contribution in [0.25, 0.3) is 0 Å². The van der Waals surface area contributed by atoms with Gasteiger partial charge in [-0.15, -0.1) is 0 Å². The molecule has 3 nitrogen and oxygen atoms in total. The van der Waals surface area contributed by atoms with Gasteiger partial charge in [0, 0.05) is 6.42 Å². The van der Waals surface area contributed by atoms with Gasteiger partial charge in [-0.1, -0.05) is 6.07 Å². The third-order valence-electron chi connectivity index (χ3n) is 2.94. The number of hydrogen-bond acceptors (Lipinski definition) is 2. The van der Waals surface area contributed by atoms with Gasteiger partial charge in [0.2, 0.25) is 0 Å². The molecule has 1 atom stereocenters. The maximum atomic E-state index is 12.9. The topological polar surface area (TPSA) is 63.3 Å². The van der Waals surface area contributed by atoms with Crippen molar-refractivity contribution in [2.75, 3.05) is 0 Å². The van der Waals surface area contributed by atoms with Crippen LogP contribution in [0.2, 0.25) is 0 Å². The lowest BCUT2D eigenvalue weighted by molar-refractivity contribution is -0.143. The summed E-state index contributed by atoms with van der Waals surface area (Å²) in [7, 11) is 0.